The van der Waals surface area contributed by atoms with Crippen molar-refractivity contribution in [3.05, 3.63) is 34.9 Å². The Labute approximate surface area is 89.5 Å². The minimum absolute atomic E-state index is 0.0957. The van der Waals surface area contributed by atoms with E-state index in [2.05, 4.69) is 11.4 Å². The summed E-state index contributed by atoms with van der Waals surface area (Å²) < 4.78 is 0. The van der Waals surface area contributed by atoms with Gasteiger partial charge >= 0.3 is 0 Å². The molecule has 0 aliphatic carbocycles. The highest BCUT2D eigenvalue weighted by Gasteiger charge is 2.10. The van der Waals surface area contributed by atoms with Crippen molar-refractivity contribution in [1.29, 1.82) is 5.26 Å². The van der Waals surface area contributed by atoms with Crippen molar-refractivity contribution < 1.29 is 0 Å². The zero-order chi connectivity index (χ0) is 10.6. The second-order valence-corrected chi connectivity index (χ2v) is 3.67. The summed E-state index contributed by atoms with van der Waals surface area (Å²) in [7, 11) is 0. The highest BCUT2D eigenvalue weighted by Crippen LogP contribution is 2.22. The molecular formula is C11H13ClN2. The summed E-state index contributed by atoms with van der Waals surface area (Å²) >= 11 is 6.02. The van der Waals surface area contributed by atoms with Crippen LogP contribution in [0.2, 0.25) is 5.02 Å². The molecule has 0 saturated carbocycles. The number of nitriles is 1. The molecule has 3 heteroatoms. The van der Waals surface area contributed by atoms with Crippen LogP contribution in [-0.2, 0) is 0 Å². The number of nitrogens with zero attached hydrogens (tertiary/aromatic N) is 1. The van der Waals surface area contributed by atoms with Gasteiger partial charge in [0.2, 0.25) is 0 Å². The molecule has 0 amide bonds. The molecule has 0 saturated heterocycles. The fourth-order valence-electron chi connectivity index (χ4n) is 1.33. The lowest BCUT2D eigenvalue weighted by molar-refractivity contribution is 0.543. The maximum atomic E-state index is 8.65. The van der Waals surface area contributed by atoms with E-state index in [9.17, 15) is 0 Å². The minimum Gasteiger partial charge on any atom is -0.295 e. The second-order valence-electron chi connectivity index (χ2n) is 3.26. The molecule has 0 heterocycles. The largest absolute Gasteiger partial charge is 0.295 e. The number of benzene rings is 1. The Morgan fingerprint density at radius 2 is 2.00 bits per heavy atom. The number of halogens is 1. The lowest BCUT2D eigenvalue weighted by Crippen LogP contribution is -2.27. The van der Waals surface area contributed by atoms with Gasteiger partial charge in [0, 0.05) is 11.1 Å². The first kappa shape index (κ1) is 11.0. The van der Waals surface area contributed by atoms with E-state index in [1.165, 1.54) is 0 Å². The molecule has 0 aromatic heterocycles. The molecular weight excluding hydrogens is 196 g/mol. The third kappa shape index (κ3) is 2.73. The Morgan fingerprint density at radius 3 is 2.57 bits per heavy atom. The molecule has 1 aromatic carbocycles. The average Bonchev–Trinajstić information content (AvgIpc) is 2.18. The number of nitrogens with one attached hydrogen (secondary N) is 1. The molecule has 0 radical (unpaired) electrons. The standard InChI is InChI=1S/C11H13ClN2/c1-8(7-13)14-9(2)10-5-3-4-6-11(10)12/h3-6,8-9,14H,1-2H3. The van der Waals surface area contributed by atoms with Gasteiger partial charge in [-0.25, -0.2) is 0 Å². The third-order valence-electron chi connectivity index (χ3n) is 2.07. The van der Waals surface area contributed by atoms with Crippen LogP contribution in [-0.4, -0.2) is 6.04 Å². The Bertz CT molecular complexity index is 343. The van der Waals surface area contributed by atoms with Gasteiger partial charge in [0.1, 0.15) is 0 Å². The van der Waals surface area contributed by atoms with E-state index in [-0.39, 0.29) is 12.1 Å². The van der Waals surface area contributed by atoms with Crippen molar-refractivity contribution >= 4 is 11.6 Å². The van der Waals surface area contributed by atoms with E-state index in [0.29, 0.717) is 0 Å². The maximum absolute atomic E-state index is 8.65. The zero-order valence-electron chi connectivity index (χ0n) is 8.29. The van der Waals surface area contributed by atoms with Gasteiger partial charge in [0.25, 0.3) is 0 Å². The normalized spacial score (nSPS) is 14.4. The van der Waals surface area contributed by atoms with Crippen molar-refractivity contribution in [2.75, 3.05) is 0 Å². The molecule has 14 heavy (non-hydrogen) atoms. The molecule has 0 bridgehead atoms. The van der Waals surface area contributed by atoms with Crippen molar-refractivity contribution in [3.8, 4) is 6.07 Å². The molecule has 1 aromatic rings. The second kappa shape index (κ2) is 4.99. The van der Waals surface area contributed by atoms with Crippen LogP contribution in [0.5, 0.6) is 0 Å². The van der Waals surface area contributed by atoms with Gasteiger partial charge in [0.15, 0.2) is 0 Å². The molecule has 0 fully saturated rings. The fraction of sp³-hybridized carbons (Fsp3) is 0.364. The van der Waals surface area contributed by atoms with Gasteiger partial charge in [-0.05, 0) is 25.5 Å². The van der Waals surface area contributed by atoms with Crippen LogP contribution in [0.1, 0.15) is 25.5 Å². The molecule has 0 aliphatic heterocycles. The molecule has 0 spiro atoms. The summed E-state index contributed by atoms with van der Waals surface area (Å²) in [6.45, 7) is 3.82. The fourth-order valence-corrected chi connectivity index (χ4v) is 1.63. The van der Waals surface area contributed by atoms with Crippen LogP contribution in [0.3, 0.4) is 0 Å². The summed E-state index contributed by atoms with van der Waals surface area (Å²) in [5.74, 6) is 0. The van der Waals surface area contributed by atoms with Gasteiger partial charge in [-0.1, -0.05) is 29.8 Å². The van der Waals surface area contributed by atoms with E-state index in [0.717, 1.165) is 10.6 Å². The van der Waals surface area contributed by atoms with E-state index >= 15 is 0 Å². The predicted octanol–water partition coefficient (Wildman–Crippen LogP) is 2.90. The molecule has 2 nitrogen and oxygen atoms in total. The summed E-state index contributed by atoms with van der Waals surface area (Å²) in [4.78, 5) is 0. The molecule has 1 rings (SSSR count). The van der Waals surface area contributed by atoms with Gasteiger partial charge in [-0.15, -0.1) is 0 Å². The van der Waals surface area contributed by atoms with Gasteiger partial charge in [-0.2, -0.15) is 5.26 Å². The van der Waals surface area contributed by atoms with Crippen LogP contribution in [0, 0.1) is 11.3 Å². The van der Waals surface area contributed by atoms with Gasteiger partial charge < -0.3 is 0 Å². The van der Waals surface area contributed by atoms with Gasteiger partial charge in [-0.3, -0.25) is 5.32 Å². The van der Waals surface area contributed by atoms with Crippen molar-refractivity contribution in [2.45, 2.75) is 25.9 Å². The zero-order valence-corrected chi connectivity index (χ0v) is 9.05. The number of hydrogen-bond acceptors (Lipinski definition) is 2. The molecule has 74 valence electrons. The lowest BCUT2D eigenvalue weighted by atomic mass is 10.1. The van der Waals surface area contributed by atoms with Crippen molar-refractivity contribution in [1.82, 2.24) is 5.32 Å². The average molecular weight is 209 g/mol. The molecule has 1 N–H and O–H groups in total. The Hall–Kier alpha value is -1.04. The van der Waals surface area contributed by atoms with E-state index in [1.807, 2.05) is 38.1 Å². The van der Waals surface area contributed by atoms with Crippen LogP contribution in [0.4, 0.5) is 0 Å². The van der Waals surface area contributed by atoms with Crippen LogP contribution < -0.4 is 5.32 Å². The third-order valence-corrected chi connectivity index (χ3v) is 2.41. The van der Waals surface area contributed by atoms with Crippen molar-refractivity contribution in [3.63, 3.8) is 0 Å². The Balaban J connectivity index is 2.75. The highest BCUT2D eigenvalue weighted by atomic mass is 35.5. The van der Waals surface area contributed by atoms with Crippen molar-refractivity contribution in [2.24, 2.45) is 0 Å². The van der Waals surface area contributed by atoms with Crippen LogP contribution >= 0.6 is 11.6 Å². The van der Waals surface area contributed by atoms with Crippen LogP contribution in [0.15, 0.2) is 24.3 Å². The Kier molecular flexibility index (Phi) is 3.94. The van der Waals surface area contributed by atoms with E-state index in [1.54, 1.807) is 0 Å². The van der Waals surface area contributed by atoms with Crippen LogP contribution in [0.25, 0.3) is 0 Å². The summed E-state index contributed by atoms with van der Waals surface area (Å²) in [5, 5.41) is 12.5. The maximum Gasteiger partial charge on any atom is 0.0929 e. The van der Waals surface area contributed by atoms with Gasteiger partial charge in [0.05, 0.1) is 12.1 Å². The topological polar surface area (TPSA) is 35.8 Å². The predicted molar refractivity (Wildman–Crippen MR) is 58.1 cm³/mol. The number of rotatable bonds is 3. The quantitative estimate of drug-likeness (QED) is 0.829. The molecule has 2 unspecified atom stereocenters. The first-order valence-corrected chi connectivity index (χ1v) is 4.93. The van der Waals surface area contributed by atoms with E-state index in [4.69, 9.17) is 16.9 Å². The Morgan fingerprint density at radius 1 is 1.36 bits per heavy atom. The SMILES string of the molecule is CC(C#N)NC(C)c1ccccc1Cl. The highest BCUT2D eigenvalue weighted by molar-refractivity contribution is 6.31. The van der Waals surface area contributed by atoms with E-state index < -0.39 is 0 Å². The lowest BCUT2D eigenvalue weighted by Gasteiger charge is -2.16. The smallest absolute Gasteiger partial charge is 0.0929 e. The summed E-state index contributed by atoms with van der Waals surface area (Å²) in [5.41, 5.74) is 1.02. The molecule has 0 aliphatic rings. The minimum atomic E-state index is -0.165. The first-order chi connectivity index (χ1) is 6.65. The number of hydrogen-bond donors (Lipinski definition) is 1. The monoisotopic (exact) mass is 208 g/mol. The first-order valence-electron chi connectivity index (χ1n) is 4.55. The summed E-state index contributed by atoms with van der Waals surface area (Å²) in [6.07, 6.45) is 0. The summed E-state index contributed by atoms with van der Waals surface area (Å²) in [6, 6.07) is 9.71. The molecule has 2 atom stereocenters.